The number of rotatable bonds is 7. The van der Waals surface area contributed by atoms with Crippen molar-refractivity contribution in [1.82, 2.24) is 4.98 Å². The van der Waals surface area contributed by atoms with Gasteiger partial charge in [-0.3, -0.25) is 4.90 Å². The lowest BCUT2D eigenvalue weighted by molar-refractivity contribution is 0.590. The molecule has 1 aromatic heterocycles. The molecule has 8 aromatic carbocycles. The van der Waals surface area contributed by atoms with Gasteiger partial charge in [-0.25, -0.2) is 4.98 Å². The average molecular weight is 895 g/mol. The monoisotopic (exact) mass is 894 g/mol. The van der Waals surface area contributed by atoms with Crippen LogP contribution >= 0.6 is 0 Å². The van der Waals surface area contributed by atoms with E-state index in [1.165, 1.54) is 28.2 Å². The van der Waals surface area contributed by atoms with Crippen molar-refractivity contribution in [2.24, 2.45) is 0 Å². The summed E-state index contributed by atoms with van der Waals surface area (Å²) in [5.41, 5.74) is 19.1. The highest BCUT2D eigenvalue weighted by molar-refractivity contribution is 6.04. The number of fused-ring (bicyclic) bond motifs is 6. The maximum Gasteiger partial charge on any atom is 0.138 e. The molecule has 0 spiro atoms. The van der Waals surface area contributed by atoms with Crippen molar-refractivity contribution in [2.75, 3.05) is 26.3 Å². The molecule has 336 valence electrons. The second-order valence-electron chi connectivity index (χ2n) is 20.1. The number of hydrogen-bond acceptors (Lipinski definition) is 6. The van der Waals surface area contributed by atoms with E-state index >= 15 is 0 Å². The van der Waals surface area contributed by atoms with Crippen molar-refractivity contribution in [3.8, 4) is 39.4 Å². The summed E-state index contributed by atoms with van der Waals surface area (Å²) in [6, 6.07) is 74.1. The Hall–Kier alpha value is -8.40. The third-order valence-electron chi connectivity index (χ3n) is 13.6. The topological polar surface area (TPSA) is 49.6 Å². The lowest BCUT2D eigenvalue weighted by atomic mass is 9.86. The number of hydrogen-bond donors (Lipinski definition) is 0. The van der Waals surface area contributed by atoms with Gasteiger partial charge in [0.2, 0.25) is 0 Å². The van der Waals surface area contributed by atoms with Crippen LogP contribution in [0.1, 0.15) is 58.2 Å². The average Bonchev–Trinajstić information content (AvgIpc) is 3.72. The number of pyridine rings is 1. The summed E-state index contributed by atoms with van der Waals surface area (Å²) in [4.78, 5) is 14.7. The minimum atomic E-state index is -0.164. The first-order chi connectivity index (χ1) is 33.4. The molecule has 6 nitrogen and oxygen atoms in total. The molecule has 0 amide bonds. The van der Waals surface area contributed by atoms with E-state index < -0.39 is 0 Å². The van der Waals surface area contributed by atoms with Gasteiger partial charge >= 0.3 is 0 Å². The maximum absolute atomic E-state index is 10.2. The largest absolute Gasteiger partial charge is 0.321 e. The number of nitriles is 1. The van der Waals surface area contributed by atoms with Gasteiger partial charge < -0.3 is 14.7 Å². The maximum atomic E-state index is 10.2. The molecular formula is C63H54N6. The molecule has 0 bridgehead atoms. The van der Waals surface area contributed by atoms with E-state index in [2.05, 4.69) is 249 Å². The lowest BCUT2D eigenvalue weighted by Gasteiger charge is -2.32. The Bertz CT molecular complexity index is 3430. The first kappa shape index (κ1) is 43.2. The van der Waals surface area contributed by atoms with Crippen LogP contribution < -0.4 is 19.6 Å². The summed E-state index contributed by atoms with van der Waals surface area (Å²) in [7, 11) is 0. The van der Waals surface area contributed by atoms with Crippen LogP contribution in [0.4, 0.5) is 57.0 Å². The molecule has 2 aliphatic rings. The van der Waals surface area contributed by atoms with Crippen molar-refractivity contribution in [2.45, 2.75) is 52.4 Å². The van der Waals surface area contributed by atoms with Crippen LogP contribution in [0.3, 0.4) is 0 Å². The molecule has 0 atom stereocenters. The van der Waals surface area contributed by atoms with Gasteiger partial charge in [0.1, 0.15) is 12.5 Å². The first-order valence-corrected chi connectivity index (χ1v) is 23.8. The smallest absolute Gasteiger partial charge is 0.138 e. The van der Waals surface area contributed by atoms with Crippen LogP contribution in [0.2, 0.25) is 0 Å². The van der Waals surface area contributed by atoms with Crippen LogP contribution in [0.15, 0.2) is 206 Å². The number of para-hydroxylation sites is 3. The van der Waals surface area contributed by atoms with E-state index in [0.717, 1.165) is 73.3 Å². The van der Waals surface area contributed by atoms with E-state index in [0.29, 0.717) is 12.2 Å². The molecule has 0 N–H and O–H groups in total. The highest BCUT2D eigenvalue weighted by atomic mass is 15.4. The zero-order valence-electron chi connectivity index (χ0n) is 40.0. The Labute approximate surface area is 406 Å². The summed E-state index contributed by atoms with van der Waals surface area (Å²) >= 11 is 0. The summed E-state index contributed by atoms with van der Waals surface area (Å²) in [6.45, 7) is 14.4. The predicted molar refractivity (Wildman–Crippen MR) is 288 cm³/mol. The summed E-state index contributed by atoms with van der Waals surface area (Å²) in [5.74, 6) is 0.780. The zero-order valence-corrected chi connectivity index (χ0v) is 40.0. The van der Waals surface area contributed by atoms with E-state index in [1.54, 1.807) is 0 Å². The van der Waals surface area contributed by atoms with Crippen LogP contribution in [0.25, 0.3) is 33.4 Å². The second kappa shape index (κ2) is 17.0. The molecule has 11 rings (SSSR count). The third-order valence-corrected chi connectivity index (χ3v) is 13.6. The predicted octanol–water partition coefficient (Wildman–Crippen LogP) is 17.0. The normalized spacial score (nSPS) is 12.9. The van der Waals surface area contributed by atoms with Gasteiger partial charge in [-0.1, -0.05) is 145 Å². The van der Waals surface area contributed by atoms with Crippen molar-refractivity contribution in [3.05, 3.63) is 223 Å². The van der Waals surface area contributed by atoms with Crippen LogP contribution in [0.5, 0.6) is 0 Å². The third kappa shape index (κ3) is 7.96. The number of aromatic nitrogens is 1. The highest BCUT2D eigenvalue weighted by Crippen LogP contribution is 2.53. The minimum Gasteiger partial charge on any atom is -0.321 e. The molecule has 0 radical (unpaired) electrons. The fourth-order valence-corrected chi connectivity index (χ4v) is 9.90. The van der Waals surface area contributed by atoms with Crippen LogP contribution in [-0.4, -0.2) is 11.7 Å². The number of anilines is 10. The van der Waals surface area contributed by atoms with E-state index in [1.807, 2.05) is 24.4 Å². The highest BCUT2D eigenvalue weighted by Gasteiger charge is 2.32. The standard InChI is InChI=1S/C63H54N6/c1-62(2,3)46-20-17-23-49(36-46)66-42-67(59-27-16-15-26-58(59)66)51-37-47(63(4,5)6)38-52(39-51)68(48-21-11-8-12-22-48)50-29-30-55-53-24-13-14-25-54(53)56-34-43(41-64)28-31-57(56)69(60(55)40-50)61-35-45(32-33-65-61)44-18-9-7-10-19-44/h7-40H,42H2,1-6H3. The van der Waals surface area contributed by atoms with Gasteiger partial charge in [-0.2, -0.15) is 5.26 Å². The molecule has 0 aliphatic carbocycles. The number of nitrogens with zero attached hydrogens (tertiary/aromatic N) is 6. The molecule has 69 heavy (non-hydrogen) atoms. The van der Waals surface area contributed by atoms with Gasteiger partial charge in [-0.15, -0.1) is 0 Å². The van der Waals surface area contributed by atoms with E-state index in [4.69, 9.17) is 4.98 Å². The molecular weight excluding hydrogens is 841 g/mol. The van der Waals surface area contributed by atoms with Crippen LogP contribution in [0, 0.1) is 11.3 Å². The molecule has 9 aromatic rings. The van der Waals surface area contributed by atoms with Crippen molar-refractivity contribution in [3.63, 3.8) is 0 Å². The fourth-order valence-electron chi connectivity index (χ4n) is 9.90. The first-order valence-electron chi connectivity index (χ1n) is 23.8. The Morgan fingerprint density at radius 3 is 1.81 bits per heavy atom. The van der Waals surface area contributed by atoms with E-state index in [-0.39, 0.29) is 10.8 Å². The van der Waals surface area contributed by atoms with Gasteiger partial charge in [0.25, 0.3) is 0 Å². The summed E-state index contributed by atoms with van der Waals surface area (Å²) < 4.78 is 0. The molecule has 0 saturated heterocycles. The van der Waals surface area contributed by atoms with Crippen molar-refractivity contribution < 1.29 is 0 Å². The van der Waals surface area contributed by atoms with Gasteiger partial charge in [0.15, 0.2) is 0 Å². The SMILES string of the molecule is CC(C)(C)c1cccc(N2CN(c3cc(N(c4ccccc4)c4ccc5c(c4)N(c4cc(-c6ccccc6)ccn4)c4ccc(C#N)cc4-c4ccccc4-5)cc(C(C)(C)C)c3)c3ccccc32)c1. The molecule has 3 heterocycles. The zero-order chi connectivity index (χ0) is 47.4. The van der Waals surface area contributed by atoms with Crippen LogP contribution in [-0.2, 0) is 10.8 Å². The lowest BCUT2D eigenvalue weighted by Crippen LogP contribution is -2.25. The number of benzene rings is 8. The Balaban J connectivity index is 1.12. The molecule has 2 aliphatic heterocycles. The molecule has 0 unspecified atom stereocenters. The van der Waals surface area contributed by atoms with Gasteiger partial charge in [0.05, 0.1) is 34.4 Å². The van der Waals surface area contributed by atoms with Crippen molar-refractivity contribution >= 4 is 57.0 Å². The Morgan fingerprint density at radius 1 is 0.449 bits per heavy atom. The fraction of sp³-hybridized carbons (Fsp3) is 0.143. The van der Waals surface area contributed by atoms with Gasteiger partial charge in [0, 0.05) is 45.8 Å². The minimum absolute atomic E-state index is 0.0228. The molecule has 0 saturated carbocycles. The molecule has 0 fully saturated rings. The Morgan fingerprint density at radius 2 is 1.10 bits per heavy atom. The quantitative estimate of drug-likeness (QED) is 0.159. The van der Waals surface area contributed by atoms with E-state index in [9.17, 15) is 5.26 Å². The van der Waals surface area contributed by atoms with Crippen molar-refractivity contribution in [1.29, 1.82) is 5.26 Å². The molecule has 6 heteroatoms. The second-order valence-corrected chi connectivity index (χ2v) is 20.1. The Kier molecular flexibility index (Phi) is 10.7. The summed E-state index contributed by atoms with van der Waals surface area (Å²) in [6.07, 6.45) is 1.90. The van der Waals surface area contributed by atoms with Gasteiger partial charge in [-0.05, 0) is 141 Å². The summed E-state index contributed by atoms with van der Waals surface area (Å²) in [5, 5.41) is 10.2.